The molecule has 150 valence electrons. The van der Waals surface area contributed by atoms with E-state index in [1.54, 1.807) is 13.8 Å². The predicted molar refractivity (Wildman–Crippen MR) is 92.5 cm³/mol. The van der Waals surface area contributed by atoms with Crippen LogP contribution in [0.3, 0.4) is 0 Å². The average Bonchev–Trinajstić information content (AvgIpc) is 2.49. The summed E-state index contributed by atoms with van der Waals surface area (Å²) < 4.78 is 64.2. The maximum Gasteiger partial charge on any atom is 0.310 e. The van der Waals surface area contributed by atoms with E-state index in [1.807, 2.05) is 0 Å². The summed E-state index contributed by atoms with van der Waals surface area (Å²) in [5.74, 6) is -0.767. The maximum atomic E-state index is 12.8. The molecule has 0 saturated heterocycles. The smallest absolute Gasteiger partial charge is 0.310 e. The van der Waals surface area contributed by atoms with Crippen molar-refractivity contribution in [3.05, 3.63) is 57.8 Å². The van der Waals surface area contributed by atoms with Crippen LogP contribution in [0.4, 0.5) is 19.4 Å². The number of nitrogens with one attached hydrogen (secondary N) is 2. The van der Waals surface area contributed by atoms with Gasteiger partial charge in [-0.1, -0.05) is 45.4 Å². The largest absolute Gasteiger partial charge is 0.344 e. The van der Waals surface area contributed by atoms with Crippen LogP contribution in [0.15, 0.2) is 40.0 Å². The van der Waals surface area contributed by atoms with Crippen LogP contribution in [0.5, 0.6) is 0 Å². The number of aromatic nitrogens is 2. The third-order valence-electron chi connectivity index (χ3n) is 3.73. The van der Waals surface area contributed by atoms with E-state index in [0.29, 0.717) is 12.1 Å². The molecule has 0 saturated carbocycles. The number of aromatic amines is 1. The van der Waals surface area contributed by atoms with Gasteiger partial charge >= 0.3 is 10.2 Å². The molecular weight excluding hydrogens is 393 g/mol. The number of rotatable bonds is 5. The van der Waals surface area contributed by atoms with Crippen molar-refractivity contribution in [1.29, 1.82) is 0 Å². The van der Waals surface area contributed by atoms with Crippen molar-refractivity contribution < 1.29 is 24.2 Å². The Balaban J connectivity index is 2.33. The van der Waals surface area contributed by atoms with Crippen molar-refractivity contribution in [2.75, 3.05) is 0 Å². The van der Waals surface area contributed by atoms with Crippen LogP contribution in [-0.4, -0.2) is 15.9 Å². The van der Waals surface area contributed by atoms with Crippen molar-refractivity contribution >= 4 is 16.1 Å². The van der Waals surface area contributed by atoms with Gasteiger partial charge in [-0.2, -0.15) is 0 Å². The number of benzene rings is 1. The SMILES string of the molecule is Cc1nc(C(=O)N[C@@H](c2ccc(S(F)(F)(F)(F)F)cc2)C(C)C)cc(=O)[nH]1. The minimum Gasteiger partial charge on any atom is -0.344 e. The van der Waals surface area contributed by atoms with Crippen molar-refractivity contribution in [3.8, 4) is 0 Å². The lowest BCUT2D eigenvalue weighted by atomic mass is 9.96. The minimum absolute atomic E-state index is 0.162. The van der Waals surface area contributed by atoms with Gasteiger partial charge in [0.15, 0.2) is 0 Å². The Morgan fingerprint density at radius 2 is 1.67 bits per heavy atom. The zero-order valence-electron chi connectivity index (χ0n) is 14.6. The third kappa shape index (κ3) is 5.28. The first-order valence-corrected chi connectivity index (χ1v) is 9.75. The number of nitrogens with zero attached hydrogens (tertiary/aromatic N) is 1. The second-order valence-corrected chi connectivity index (χ2v) is 8.86. The van der Waals surface area contributed by atoms with Crippen LogP contribution in [0.25, 0.3) is 0 Å². The number of halogens is 5. The molecule has 0 fully saturated rings. The topological polar surface area (TPSA) is 74.8 Å². The zero-order chi connectivity index (χ0) is 20.7. The Morgan fingerprint density at radius 1 is 1.11 bits per heavy atom. The van der Waals surface area contributed by atoms with Gasteiger partial charge in [-0.05, 0) is 30.5 Å². The van der Waals surface area contributed by atoms with Gasteiger partial charge in [0, 0.05) is 6.07 Å². The molecule has 2 N–H and O–H groups in total. The Hall–Kier alpha value is -2.43. The summed E-state index contributed by atoms with van der Waals surface area (Å²) in [7, 11) is -9.76. The monoisotopic (exact) mass is 411 g/mol. The zero-order valence-corrected chi connectivity index (χ0v) is 15.4. The maximum absolute atomic E-state index is 12.8. The van der Waals surface area contributed by atoms with Crippen LogP contribution in [0, 0.1) is 12.8 Å². The van der Waals surface area contributed by atoms with E-state index in [0.717, 1.165) is 18.2 Å². The van der Waals surface area contributed by atoms with Gasteiger partial charge in [-0.15, -0.1) is 0 Å². The Kier molecular flexibility index (Phi) is 4.67. The highest BCUT2D eigenvalue weighted by molar-refractivity contribution is 8.45. The number of hydrogen-bond acceptors (Lipinski definition) is 3. The Bertz CT molecular complexity index is 924. The summed E-state index contributed by atoms with van der Waals surface area (Å²) in [6.07, 6.45) is 0. The van der Waals surface area contributed by atoms with Crippen molar-refractivity contribution in [3.63, 3.8) is 0 Å². The first-order chi connectivity index (χ1) is 12.1. The molecule has 0 aliphatic carbocycles. The second-order valence-electron chi connectivity index (χ2n) is 6.45. The minimum atomic E-state index is -9.76. The molecule has 2 aromatic rings. The molecule has 0 aliphatic heterocycles. The first-order valence-electron chi connectivity index (χ1n) is 7.80. The summed E-state index contributed by atoms with van der Waals surface area (Å²) in [6, 6.07) is 2.61. The molecule has 27 heavy (non-hydrogen) atoms. The summed E-state index contributed by atoms with van der Waals surface area (Å²) in [5.41, 5.74) is -0.481. The van der Waals surface area contributed by atoms with Gasteiger partial charge < -0.3 is 10.3 Å². The van der Waals surface area contributed by atoms with Gasteiger partial charge in [0.2, 0.25) is 0 Å². The lowest BCUT2D eigenvalue weighted by Crippen LogP contribution is -2.33. The summed E-state index contributed by atoms with van der Waals surface area (Å²) in [6.45, 7) is 4.87. The fraction of sp³-hybridized carbons (Fsp3) is 0.312. The van der Waals surface area contributed by atoms with Gasteiger partial charge in [0.05, 0.1) is 6.04 Å². The predicted octanol–water partition coefficient (Wildman–Crippen LogP) is 4.86. The van der Waals surface area contributed by atoms with E-state index < -0.39 is 32.6 Å². The molecule has 11 heteroatoms. The van der Waals surface area contributed by atoms with Crippen LogP contribution >= 0.6 is 10.2 Å². The molecule has 1 aromatic carbocycles. The Morgan fingerprint density at radius 3 is 2.11 bits per heavy atom. The number of amides is 1. The van der Waals surface area contributed by atoms with E-state index in [4.69, 9.17) is 0 Å². The number of carbonyl (C=O) groups is 1. The van der Waals surface area contributed by atoms with Crippen LogP contribution < -0.4 is 10.9 Å². The highest BCUT2D eigenvalue weighted by Crippen LogP contribution is 3.02. The van der Waals surface area contributed by atoms with E-state index in [9.17, 15) is 29.0 Å². The molecule has 2 rings (SSSR count). The fourth-order valence-electron chi connectivity index (χ4n) is 2.48. The van der Waals surface area contributed by atoms with Crippen molar-refractivity contribution in [1.82, 2.24) is 15.3 Å². The number of hydrogen-bond donors (Lipinski definition) is 2. The quantitative estimate of drug-likeness (QED) is 0.690. The second kappa shape index (κ2) is 6.04. The van der Waals surface area contributed by atoms with Crippen molar-refractivity contribution in [2.45, 2.75) is 31.7 Å². The van der Waals surface area contributed by atoms with Gasteiger partial charge in [0.25, 0.3) is 11.5 Å². The lowest BCUT2D eigenvalue weighted by Gasteiger charge is -2.40. The standard InChI is InChI=1S/C16H18F5N3O2S/c1-9(2)15(24-16(26)13-8-14(25)23-10(3)22-13)11-4-6-12(7-5-11)27(17,18,19,20)21/h4-9,15H,1-3H3,(H,24,26)(H,22,23,25)/t15-/m1/s1. The number of carbonyl (C=O) groups excluding carboxylic acids is 1. The molecule has 1 atom stereocenters. The molecule has 1 amide bonds. The van der Waals surface area contributed by atoms with Crippen molar-refractivity contribution in [2.24, 2.45) is 5.92 Å². The number of aryl methyl sites for hydroxylation is 1. The lowest BCUT2D eigenvalue weighted by molar-refractivity contribution is 0.0919. The van der Waals surface area contributed by atoms with E-state index in [2.05, 4.69) is 15.3 Å². The van der Waals surface area contributed by atoms with Gasteiger partial charge in [0.1, 0.15) is 16.4 Å². The molecule has 0 bridgehead atoms. The van der Waals surface area contributed by atoms with Crippen LogP contribution in [-0.2, 0) is 0 Å². The molecule has 0 radical (unpaired) electrons. The molecule has 5 nitrogen and oxygen atoms in total. The summed E-state index contributed by atoms with van der Waals surface area (Å²) >= 11 is 0. The Labute approximate surface area is 151 Å². The van der Waals surface area contributed by atoms with Crippen LogP contribution in [0.2, 0.25) is 0 Å². The molecular formula is C16H18F5N3O2S. The van der Waals surface area contributed by atoms with Crippen LogP contribution in [0.1, 0.15) is 41.8 Å². The van der Waals surface area contributed by atoms with E-state index >= 15 is 0 Å². The van der Waals surface area contributed by atoms with E-state index in [1.165, 1.54) is 6.92 Å². The highest BCUT2D eigenvalue weighted by Gasteiger charge is 2.65. The van der Waals surface area contributed by atoms with Gasteiger partial charge in [-0.3, -0.25) is 9.59 Å². The molecule has 0 aliphatic rings. The molecule has 1 heterocycles. The normalized spacial score (nSPS) is 15.7. The summed E-state index contributed by atoms with van der Waals surface area (Å²) in [4.78, 5) is 28.1. The van der Waals surface area contributed by atoms with E-state index in [-0.39, 0.29) is 23.0 Å². The van der Waals surface area contributed by atoms with Gasteiger partial charge in [-0.25, -0.2) is 4.98 Å². The highest BCUT2D eigenvalue weighted by atomic mass is 32.5. The summed E-state index contributed by atoms with van der Waals surface area (Å²) in [5, 5.41) is 2.57. The average molecular weight is 411 g/mol. The molecule has 1 aromatic heterocycles. The fourth-order valence-corrected chi connectivity index (χ4v) is 3.13. The first kappa shape index (κ1) is 20.9. The molecule has 0 spiro atoms. The third-order valence-corrected chi connectivity index (χ3v) is 4.89. The molecule has 0 unspecified atom stereocenters. The number of H-pyrrole nitrogens is 1.